The van der Waals surface area contributed by atoms with E-state index in [0.717, 1.165) is 17.7 Å². The van der Waals surface area contributed by atoms with Gasteiger partial charge in [-0.1, -0.05) is 36.4 Å². The Morgan fingerprint density at radius 1 is 0.929 bits per heavy atom. The second-order valence-corrected chi connectivity index (χ2v) is 7.93. The summed E-state index contributed by atoms with van der Waals surface area (Å²) in [6, 6.07) is 19.9. The summed E-state index contributed by atoms with van der Waals surface area (Å²) in [4.78, 5) is 12.5. The highest BCUT2D eigenvalue weighted by atomic mass is 32.2. The van der Waals surface area contributed by atoms with Gasteiger partial charge >= 0.3 is 0 Å². The van der Waals surface area contributed by atoms with E-state index in [1.165, 1.54) is 30.3 Å². The van der Waals surface area contributed by atoms with Crippen molar-refractivity contribution in [1.82, 2.24) is 5.32 Å². The minimum atomic E-state index is -3.92. The summed E-state index contributed by atoms with van der Waals surface area (Å²) in [6.45, 7) is 1.85. The predicted octanol–water partition coefficient (Wildman–Crippen LogP) is 4.12. The molecular formula is C21H19FN2O3S. The van der Waals surface area contributed by atoms with E-state index >= 15 is 0 Å². The maximum absolute atomic E-state index is 13.0. The average Bonchev–Trinajstić information content (AvgIpc) is 2.70. The van der Waals surface area contributed by atoms with Gasteiger partial charge in [0.05, 0.1) is 10.9 Å². The SMILES string of the molecule is C[C@H](NC(=O)c1cccc(S(=O)(=O)Nc2ccc(F)cc2)c1)c1ccccc1. The molecule has 0 radical (unpaired) electrons. The van der Waals surface area contributed by atoms with E-state index in [9.17, 15) is 17.6 Å². The molecule has 0 saturated carbocycles. The van der Waals surface area contributed by atoms with Crippen LogP contribution >= 0.6 is 0 Å². The van der Waals surface area contributed by atoms with Crippen LogP contribution < -0.4 is 10.0 Å². The Morgan fingerprint density at radius 3 is 2.29 bits per heavy atom. The number of rotatable bonds is 6. The van der Waals surface area contributed by atoms with Crippen LogP contribution in [0.2, 0.25) is 0 Å². The highest BCUT2D eigenvalue weighted by Crippen LogP contribution is 2.18. The molecule has 0 aliphatic heterocycles. The zero-order valence-corrected chi connectivity index (χ0v) is 15.9. The maximum Gasteiger partial charge on any atom is 0.261 e. The van der Waals surface area contributed by atoms with Crippen LogP contribution in [0.3, 0.4) is 0 Å². The van der Waals surface area contributed by atoms with Crippen LogP contribution in [-0.2, 0) is 10.0 Å². The summed E-state index contributed by atoms with van der Waals surface area (Å²) >= 11 is 0. The van der Waals surface area contributed by atoms with Gasteiger partial charge in [0.15, 0.2) is 0 Å². The molecule has 2 N–H and O–H groups in total. The Balaban J connectivity index is 1.77. The van der Waals surface area contributed by atoms with E-state index in [0.29, 0.717) is 0 Å². The number of hydrogen-bond acceptors (Lipinski definition) is 3. The molecule has 1 atom stereocenters. The second kappa shape index (κ2) is 8.22. The van der Waals surface area contributed by atoms with Crippen molar-refractivity contribution < 1.29 is 17.6 Å². The Kier molecular flexibility index (Phi) is 5.75. The Morgan fingerprint density at radius 2 is 1.61 bits per heavy atom. The molecule has 0 bridgehead atoms. The van der Waals surface area contributed by atoms with Crippen LogP contribution in [0.4, 0.5) is 10.1 Å². The monoisotopic (exact) mass is 398 g/mol. The molecule has 0 aromatic heterocycles. The van der Waals surface area contributed by atoms with Crippen molar-refractivity contribution in [2.45, 2.75) is 17.9 Å². The minimum Gasteiger partial charge on any atom is -0.346 e. The number of nitrogens with one attached hydrogen (secondary N) is 2. The topological polar surface area (TPSA) is 75.3 Å². The molecule has 0 aliphatic carbocycles. The van der Waals surface area contributed by atoms with Gasteiger partial charge < -0.3 is 5.32 Å². The number of hydrogen-bond donors (Lipinski definition) is 2. The summed E-state index contributed by atoms with van der Waals surface area (Å²) in [5.74, 6) is -0.843. The molecule has 1 amide bonds. The van der Waals surface area contributed by atoms with E-state index in [1.807, 2.05) is 37.3 Å². The van der Waals surface area contributed by atoms with E-state index in [-0.39, 0.29) is 28.1 Å². The first-order chi connectivity index (χ1) is 13.3. The number of carbonyl (C=O) groups is 1. The average molecular weight is 398 g/mol. The highest BCUT2D eigenvalue weighted by molar-refractivity contribution is 7.92. The maximum atomic E-state index is 13.0. The molecule has 0 unspecified atom stereocenters. The first kappa shape index (κ1) is 19.6. The number of carbonyl (C=O) groups excluding carboxylic acids is 1. The van der Waals surface area contributed by atoms with Gasteiger partial charge in [-0.2, -0.15) is 0 Å². The van der Waals surface area contributed by atoms with Crippen LogP contribution in [0.25, 0.3) is 0 Å². The minimum absolute atomic E-state index is 0.0585. The lowest BCUT2D eigenvalue weighted by molar-refractivity contribution is 0.0939. The van der Waals surface area contributed by atoms with Gasteiger partial charge in [0.25, 0.3) is 15.9 Å². The lowest BCUT2D eigenvalue weighted by atomic mass is 10.1. The van der Waals surface area contributed by atoms with E-state index in [4.69, 9.17) is 0 Å². The number of anilines is 1. The fourth-order valence-electron chi connectivity index (χ4n) is 2.64. The summed E-state index contributed by atoms with van der Waals surface area (Å²) in [7, 11) is -3.92. The molecule has 144 valence electrons. The highest BCUT2D eigenvalue weighted by Gasteiger charge is 2.18. The standard InChI is InChI=1S/C21H19FN2O3S/c1-15(16-6-3-2-4-7-16)23-21(25)17-8-5-9-20(14-17)28(26,27)24-19-12-10-18(22)11-13-19/h2-15,24H,1H3,(H,23,25)/t15-/m0/s1. The van der Waals surface area contributed by atoms with E-state index < -0.39 is 15.8 Å². The largest absolute Gasteiger partial charge is 0.346 e. The molecule has 3 aromatic carbocycles. The molecule has 0 fully saturated rings. The van der Waals surface area contributed by atoms with Crippen molar-refractivity contribution in [3.63, 3.8) is 0 Å². The molecule has 0 spiro atoms. The van der Waals surface area contributed by atoms with Crippen molar-refractivity contribution >= 4 is 21.6 Å². The summed E-state index contributed by atoms with van der Waals surface area (Å²) < 4.78 is 40.5. The molecule has 7 heteroatoms. The third-order valence-corrected chi connectivity index (χ3v) is 5.53. The molecule has 0 saturated heterocycles. The van der Waals surface area contributed by atoms with Gasteiger partial charge in [-0.15, -0.1) is 0 Å². The van der Waals surface area contributed by atoms with Crippen LogP contribution in [-0.4, -0.2) is 14.3 Å². The first-order valence-corrected chi connectivity index (χ1v) is 10.1. The zero-order chi connectivity index (χ0) is 20.1. The quantitative estimate of drug-likeness (QED) is 0.656. The van der Waals surface area contributed by atoms with Gasteiger partial charge in [0.1, 0.15) is 5.82 Å². The molecule has 28 heavy (non-hydrogen) atoms. The third kappa shape index (κ3) is 4.75. The number of sulfonamides is 1. The fraction of sp³-hybridized carbons (Fsp3) is 0.0952. The van der Waals surface area contributed by atoms with Crippen LogP contribution in [0.15, 0.2) is 83.8 Å². The lowest BCUT2D eigenvalue weighted by Crippen LogP contribution is -2.26. The van der Waals surface area contributed by atoms with Crippen molar-refractivity contribution in [1.29, 1.82) is 0 Å². The Bertz CT molecular complexity index is 1070. The van der Waals surface area contributed by atoms with Crippen molar-refractivity contribution in [3.8, 4) is 0 Å². The summed E-state index contributed by atoms with van der Waals surface area (Å²) in [6.07, 6.45) is 0. The number of benzene rings is 3. The van der Waals surface area contributed by atoms with Gasteiger partial charge in [0.2, 0.25) is 0 Å². The first-order valence-electron chi connectivity index (χ1n) is 8.59. The summed E-state index contributed by atoms with van der Waals surface area (Å²) in [5.41, 5.74) is 1.40. The van der Waals surface area contributed by atoms with Crippen LogP contribution in [0.5, 0.6) is 0 Å². The predicted molar refractivity (Wildman–Crippen MR) is 106 cm³/mol. The molecule has 5 nitrogen and oxygen atoms in total. The van der Waals surface area contributed by atoms with Crippen molar-refractivity contribution in [3.05, 3.63) is 95.8 Å². The van der Waals surface area contributed by atoms with Gasteiger partial charge in [-0.05, 0) is 55.0 Å². The second-order valence-electron chi connectivity index (χ2n) is 6.25. The third-order valence-electron chi connectivity index (χ3n) is 4.15. The van der Waals surface area contributed by atoms with E-state index in [1.54, 1.807) is 6.07 Å². The molecule has 3 rings (SSSR count). The molecule has 0 heterocycles. The van der Waals surface area contributed by atoms with Crippen molar-refractivity contribution in [2.75, 3.05) is 4.72 Å². The molecule has 3 aromatic rings. The van der Waals surface area contributed by atoms with Gasteiger partial charge in [0, 0.05) is 11.3 Å². The van der Waals surface area contributed by atoms with Crippen LogP contribution in [0, 0.1) is 5.82 Å². The Labute approximate surface area is 163 Å². The van der Waals surface area contributed by atoms with Gasteiger partial charge in [-0.25, -0.2) is 12.8 Å². The van der Waals surface area contributed by atoms with Gasteiger partial charge in [-0.3, -0.25) is 9.52 Å². The van der Waals surface area contributed by atoms with Crippen molar-refractivity contribution in [2.24, 2.45) is 0 Å². The van der Waals surface area contributed by atoms with Crippen LogP contribution in [0.1, 0.15) is 28.9 Å². The smallest absolute Gasteiger partial charge is 0.261 e. The molecule has 0 aliphatic rings. The number of amides is 1. The number of halogens is 1. The fourth-order valence-corrected chi connectivity index (χ4v) is 3.75. The summed E-state index contributed by atoms with van der Waals surface area (Å²) in [5, 5.41) is 2.85. The Hall–Kier alpha value is -3.19. The zero-order valence-electron chi connectivity index (χ0n) is 15.1. The van der Waals surface area contributed by atoms with E-state index in [2.05, 4.69) is 10.0 Å². The normalized spacial score (nSPS) is 12.2. The molecular weight excluding hydrogens is 379 g/mol. The lowest BCUT2D eigenvalue weighted by Gasteiger charge is -2.15.